The molecule has 0 saturated carbocycles. The number of Topliss-reactive ketones (excluding diaryl/α,β-unsaturated/α-hetero) is 2. The Morgan fingerprint density at radius 2 is 0.538 bits per heavy atom. The first-order chi connectivity index (χ1) is 25.2. The van der Waals surface area contributed by atoms with Crippen molar-refractivity contribution in [2.45, 2.75) is 24.9 Å². The number of aromatic nitrogens is 1. The highest BCUT2D eigenvalue weighted by molar-refractivity contribution is 5.96. The molecule has 0 aliphatic heterocycles. The van der Waals surface area contributed by atoms with Crippen LogP contribution in [0.2, 0.25) is 0 Å². The molecule has 7 rings (SSSR count). The zero-order chi connectivity index (χ0) is 36.8. The maximum Gasteiger partial charge on any atom is 0.178 e. The van der Waals surface area contributed by atoms with Crippen LogP contribution >= 0.6 is 0 Å². The summed E-state index contributed by atoms with van der Waals surface area (Å²) in [5.74, 6) is -0.254. The van der Waals surface area contributed by atoms with E-state index in [1.165, 1.54) is 13.8 Å². The summed E-state index contributed by atoms with van der Waals surface area (Å²) in [4.78, 5) is 25.6. The van der Waals surface area contributed by atoms with Crippen LogP contribution in [0.15, 0.2) is 200 Å². The van der Waals surface area contributed by atoms with Gasteiger partial charge < -0.3 is 11.5 Å². The molecule has 258 valence electrons. The van der Waals surface area contributed by atoms with Crippen molar-refractivity contribution in [3.63, 3.8) is 0 Å². The molecule has 52 heavy (non-hydrogen) atoms. The van der Waals surface area contributed by atoms with E-state index in [2.05, 4.69) is 77.8 Å². The van der Waals surface area contributed by atoms with Gasteiger partial charge in [0.05, 0.1) is 11.1 Å². The van der Waals surface area contributed by atoms with Crippen LogP contribution in [0.25, 0.3) is 0 Å². The number of rotatable bonds is 8. The SMILES string of the molecule is CC(=O)c1cccc(C(C)=O)n1.NC(c1ccccc1)(c1ccccc1)c1ccccc1.NC(c1ccccc1)(c1ccccc1)c1ccccc1. The molecular formula is C47H43N3O2. The molecule has 0 amide bonds. The number of ketones is 2. The predicted molar refractivity (Wildman–Crippen MR) is 211 cm³/mol. The molecule has 0 bridgehead atoms. The quantitative estimate of drug-likeness (QED) is 0.123. The van der Waals surface area contributed by atoms with E-state index in [-0.39, 0.29) is 11.6 Å². The summed E-state index contributed by atoms with van der Waals surface area (Å²) < 4.78 is 0. The molecule has 0 saturated heterocycles. The van der Waals surface area contributed by atoms with Crippen LogP contribution in [-0.2, 0) is 11.1 Å². The first-order valence-electron chi connectivity index (χ1n) is 17.1. The highest BCUT2D eigenvalue weighted by Crippen LogP contribution is 2.35. The van der Waals surface area contributed by atoms with Crippen LogP contribution in [0.3, 0.4) is 0 Å². The predicted octanol–water partition coefficient (Wildman–Crippen LogP) is 9.36. The average molecular weight is 682 g/mol. The maximum absolute atomic E-state index is 10.8. The van der Waals surface area contributed by atoms with Crippen molar-refractivity contribution in [1.29, 1.82) is 0 Å². The third-order valence-electron chi connectivity index (χ3n) is 8.85. The van der Waals surface area contributed by atoms with Gasteiger partial charge in [0, 0.05) is 13.8 Å². The van der Waals surface area contributed by atoms with Gasteiger partial charge in [0.25, 0.3) is 0 Å². The van der Waals surface area contributed by atoms with Gasteiger partial charge in [-0.15, -0.1) is 0 Å². The molecule has 5 nitrogen and oxygen atoms in total. The van der Waals surface area contributed by atoms with Gasteiger partial charge in [-0.05, 0) is 45.5 Å². The molecular weight excluding hydrogens is 639 g/mol. The molecule has 0 spiro atoms. The van der Waals surface area contributed by atoms with Crippen LogP contribution in [0.5, 0.6) is 0 Å². The number of nitrogens with zero attached hydrogens (tertiary/aromatic N) is 1. The van der Waals surface area contributed by atoms with Crippen LogP contribution in [0.1, 0.15) is 68.2 Å². The van der Waals surface area contributed by atoms with Gasteiger partial charge in [-0.1, -0.05) is 188 Å². The lowest BCUT2D eigenvalue weighted by molar-refractivity contribution is 0.101. The molecule has 0 aliphatic carbocycles. The largest absolute Gasteiger partial charge is 0.314 e. The summed E-state index contributed by atoms with van der Waals surface area (Å²) in [6.07, 6.45) is 0. The Morgan fingerprint density at radius 3 is 0.712 bits per heavy atom. The highest BCUT2D eigenvalue weighted by Gasteiger charge is 2.32. The maximum atomic E-state index is 10.8. The Bertz CT molecular complexity index is 1790. The zero-order valence-corrected chi connectivity index (χ0v) is 29.5. The van der Waals surface area contributed by atoms with E-state index in [1.807, 2.05) is 109 Å². The third kappa shape index (κ3) is 8.71. The molecule has 0 atom stereocenters. The second kappa shape index (κ2) is 17.6. The van der Waals surface area contributed by atoms with E-state index in [9.17, 15) is 9.59 Å². The fourth-order valence-corrected chi connectivity index (χ4v) is 6.03. The minimum absolute atomic E-state index is 0.127. The van der Waals surface area contributed by atoms with Gasteiger partial charge in [-0.2, -0.15) is 0 Å². The van der Waals surface area contributed by atoms with Crippen LogP contribution < -0.4 is 11.5 Å². The summed E-state index contributed by atoms with van der Waals surface area (Å²) >= 11 is 0. The minimum Gasteiger partial charge on any atom is -0.314 e. The zero-order valence-electron chi connectivity index (χ0n) is 29.5. The molecule has 0 radical (unpaired) electrons. The third-order valence-corrected chi connectivity index (χ3v) is 8.85. The van der Waals surface area contributed by atoms with Crippen molar-refractivity contribution < 1.29 is 9.59 Å². The number of carbonyl (C=O) groups is 2. The van der Waals surface area contributed by atoms with Crippen molar-refractivity contribution >= 4 is 11.6 Å². The standard InChI is InChI=1S/2C19H17N.C9H9NO2/c2*20-19(16-10-4-1-5-11-16,17-12-6-2-7-13-17)18-14-8-3-9-15-18;1-6(11)8-4-3-5-9(10-8)7(2)12/h2*1-15H,20H2;3-5H,1-2H3. The molecule has 0 unspecified atom stereocenters. The van der Waals surface area contributed by atoms with Crippen molar-refractivity contribution in [3.05, 3.63) is 245 Å². The lowest BCUT2D eigenvalue weighted by Crippen LogP contribution is -2.39. The first-order valence-corrected chi connectivity index (χ1v) is 17.1. The van der Waals surface area contributed by atoms with Crippen molar-refractivity contribution in [3.8, 4) is 0 Å². The van der Waals surface area contributed by atoms with E-state index < -0.39 is 11.1 Å². The number of pyridine rings is 1. The lowest BCUT2D eigenvalue weighted by atomic mass is 9.78. The number of hydrogen-bond acceptors (Lipinski definition) is 5. The molecule has 1 heterocycles. The van der Waals surface area contributed by atoms with Crippen molar-refractivity contribution in [2.75, 3.05) is 0 Å². The Morgan fingerprint density at radius 1 is 0.346 bits per heavy atom. The van der Waals surface area contributed by atoms with Crippen molar-refractivity contribution in [2.24, 2.45) is 11.5 Å². The molecule has 0 fully saturated rings. The van der Waals surface area contributed by atoms with Crippen molar-refractivity contribution in [1.82, 2.24) is 4.98 Å². The van der Waals surface area contributed by atoms with E-state index >= 15 is 0 Å². The van der Waals surface area contributed by atoms with Crippen LogP contribution in [0.4, 0.5) is 0 Å². The van der Waals surface area contributed by atoms with Crippen LogP contribution in [0, 0.1) is 0 Å². The summed E-state index contributed by atoms with van der Waals surface area (Å²) in [6.45, 7) is 2.85. The fourth-order valence-electron chi connectivity index (χ4n) is 6.03. The topological polar surface area (TPSA) is 99.1 Å². The molecule has 0 aliphatic rings. The van der Waals surface area contributed by atoms with E-state index in [1.54, 1.807) is 18.2 Å². The molecule has 7 aromatic rings. The van der Waals surface area contributed by atoms with Gasteiger partial charge in [-0.3, -0.25) is 9.59 Å². The summed E-state index contributed by atoms with van der Waals surface area (Å²) in [5, 5.41) is 0. The highest BCUT2D eigenvalue weighted by atomic mass is 16.1. The number of hydrogen-bond donors (Lipinski definition) is 2. The van der Waals surface area contributed by atoms with Gasteiger partial charge in [0.15, 0.2) is 11.6 Å². The van der Waals surface area contributed by atoms with Gasteiger partial charge in [0.1, 0.15) is 11.4 Å². The fraction of sp³-hybridized carbons (Fsp3) is 0.0851. The molecule has 4 N–H and O–H groups in total. The van der Waals surface area contributed by atoms with E-state index in [4.69, 9.17) is 11.5 Å². The average Bonchev–Trinajstić information content (AvgIpc) is 3.22. The van der Waals surface area contributed by atoms with Crippen LogP contribution in [-0.4, -0.2) is 16.6 Å². The molecule has 5 heteroatoms. The summed E-state index contributed by atoms with van der Waals surface area (Å²) in [6, 6.07) is 66.3. The number of nitrogens with two attached hydrogens (primary N) is 2. The summed E-state index contributed by atoms with van der Waals surface area (Å²) in [7, 11) is 0. The molecule has 1 aromatic heterocycles. The summed E-state index contributed by atoms with van der Waals surface area (Å²) in [5.41, 5.74) is 19.7. The smallest absolute Gasteiger partial charge is 0.178 e. The Balaban J connectivity index is 0.000000156. The Kier molecular flexibility index (Phi) is 12.5. The van der Waals surface area contributed by atoms with Gasteiger partial charge in [0.2, 0.25) is 0 Å². The second-order valence-corrected chi connectivity index (χ2v) is 12.3. The van der Waals surface area contributed by atoms with E-state index in [0.717, 1.165) is 33.4 Å². The second-order valence-electron chi connectivity index (χ2n) is 12.3. The minimum atomic E-state index is -0.621. The normalized spacial score (nSPS) is 10.8. The monoisotopic (exact) mass is 681 g/mol. The number of benzene rings is 6. The Labute approximate surface area is 306 Å². The lowest BCUT2D eigenvalue weighted by Gasteiger charge is -2.31. The van der Waals surface area contributed by atoms with Gasteiger partial charge >= 0.3 is 0 Å². The van der Waals surface area contributed by atoms with Gasteiger partial charge in [-0.25, -0.2) is 4.98 Å². The molecule has 6 aromatic carbocycles. The Hall–Kier alpha value is -6.27. The first kappa shape index (κ1) is 37.0. The van der Waals surface area contributed by atoms with E-state index in [0.29, 0.717) is 11.4 Å². The number of carbonyl (C=O) groups excluding carboxylic acids is 2.